The predicted octanol–water partition coefficient (Wildman–Crippen LogP) is 9.15. The second kappa shape index (κ2) is 8.29. The van der Waals surface area contributed by atoms with E-state index in [9.17, 15) is 0 Å². The number of fused-ring (bicyclic) bond motifs is 3. The van der Waals surface area contributed by atoms with Gasteiger partial charge >= 0.3 is 0 Å². The Morgan fingerprint density at radius 1 is 0.531 bits per heavy atom. The summed E-state index contributed by atoms with van der Waals surface area (Å²) in [5.74, 6) is 0. The molecule has 0 aromatic heterocycles. The second-order valence-electron chi connectivity index (χ2n) is 9.62. The molecule has 160 valence electrons. The van der Waals surface area contributed by atoms with Gasteiger partial charge < -0.3 is 0 Å². The van der Waals surface area contributed by atoms with E-state index >= 15 is 0 Å². The minimum atomic E-state index is -1.60. The molecule has 1 aliphatic carbocycles. The molecule has 0 amide bonds. The normalized spacial score (nSPS) is 14.1. The molecule has 0 bridgehead atoms. The lowest BCUT2D eigenvalue weighted by molar-refractivity contribution is 0.794. The molecular formula is C29H28S2Si. The molecule has 1 aliphatic rings. The van der Waals surface area contributed by atoms with Crippen LogP contribution in [0, 0.1) is 0 Å². The summed E-state index contributed by atoms with van der Waals surface area (Å²) in [6, 6.07) is 35.6. The van der Waals surface area contributed by atoms with Gasteiger partial charge in [0, 0.05) is 24.6 Å². The summed E-state index contributed by atoms with van der Waals surface area (Å²) in [5.41, 5.74) is 5.85. The molecule has 4 aromatic carbocycles. The Bertz CT molecular complexity index is 1170. The maximum absolute atomic E-state index is 2.51. The first-order valence-corrected chi connectivity index (χ1v) is 16.2. The van der Waals surface area contributed by atoms with Crippen molar-refractivity contribution in [1.29, 1.82) is 0 Å². The number of hydrogen-bond acceptors (Lipinski definition) is 2. The van der Waals surface area contributed by atoms with Crippen molar-refractivity contribution in [3.05, 3.63) is 108 Å². The average molecular weight is 469 g/mol. The smallest absolute Gasteiger partial charge is 0.0609 e. The summed E-state index contributed by atoms with van der Waals surface area (Å²) in [6.45, 7) is 10.0. The molecule has 0 heterocycles. The number of rotatable bonds is 5. The molecule has 3 heteroatoms. The molecule has 32 heavy (non-hydrogen) atoms. The zero-order chi connectivity index (χ0) is 22.3. The molecule has 0 N–H and O–H groups in total. The predicted molar refractivity (Wildman–Crippen MR) is 143 cm³/mol. The van der Waals surface area contributed by atoms with Gasteiger partial charge in [-0.05, 0) is 70.8 Å². The van der Waals surface area contributed by atoms with E-state index in [0.29, 0.717) is 0 Å². The van der Waals surface area contributed by atoms with Crippen LogP contribution in [0.2, 0.25) is 19.6 Å². The zero-order valence-corrected chi connectivity index (χ0v) is 21.7. The molecule has 0 fully saturated rings. The maximum Gasteiger partial charge on any atom is 0.0609 e. The molecule has 0 radical (unpaired) electrons. The van der Waals surface area contributed by atoms with E-state index in [2.05, 4.69) is 124 Å². The molecule has 0 nitrogen and oxygen atoms in total. The number of benzene rings is 4. The van der Waals surface area contributed by atoms with Gasteiger partial charge in [-0.3, -0.25) is 0 Å². The van der Waals surface area contributed by atoms with Gasteiger partial charge in [0.15, 0.2) is 0 Å². The first kappa shape index (κ1) is 21.6. The van der Waals surface area contributed by atoms with Crippen molar-refractivity contribution in [2.45, 2.75) is 51.2 Å². The van der Waals surface area contributed by atoms with Crippen molar-refractivity contribution >= 4 is 31.6 Å². The maximum atomic E-state index is 2.51. The summed E-state index contributed by atoms with van der Waals surface area (Å²) in [5, 5.41) is 0.0815. The van der Waals surface area contributed by atoms with Crippen LogP contribution in [-0.2, 0) is 5.04 Å². The second-order valence-corrected chi connectivity index (χ2v) is 17.4. The van der Waals surface area contributed by atoms with Gasteiger partial charge in [-0.2, -0.15) is 0 Å². The van der Waals surface area contributed by atoms with Gasteiger partial charge in [0.25, 0.3) is 0 Å². The Morgan fingerprint density at radius 3 is 1.31 bits per heavy atom. The largest absolute Gasteiger partial charge is 0.0901 e. The molecule has 0 saturated carbocycles. The fourth-order valence-corrected chi connectivity index (χ4v) is 8.46. The molecule has 0 saturated heterocycles. The van der Waals surface area contributed by atoms with Crippen molar-refractivity contribution in [2.24, 2.45) is 0 Å². The van der Waals surface area contributed by atoms with Crippen LogP contribution in [0.25, 0.3) is 11.1 Å². The summed E-state index contributed by atoms with van der Waals surface area (Å²) < 4.78 is 0. The lowest BCUT2D eigenvalue weighted by atomic mass is 9.98. The highest BCUT2D eigenvalue weighted by Gasteiger charge is 2.48. The Labute approximate surface area is 201 Å². The van der Waals surface area contributed by atoms with Gasteiger partial charge in [0.05, 0.1) is 8.07 Å². The van der Waals surface area contributed by atoms with Crippen molar-refractivity contribution in [3.8, 4) is 11.1 Å². The Kier molecular flexibility index (Phi) is 5.61. The zero-order valence-electron chi connectivity index (χ0n) is 19.1. The molecule has 0 aliphatic heterocycles. The summed E-state index contributed by atoms with van der Waals surface area (Å²) in [7, 11) is -1.60. The van der Waals surface area contributed by atoms with E-state index in [0.717, 1.165) is 0 Å². The molecule has 0 unspecified atom stereocenters. The SMILES string of the molecule is CC1([Si](C)(C)C)c2cc(Sc3ccccc3)ccc2-c2ccc(Sc3ccccc3)cc21. The highest BCUT2D eigenvalue weighted by Crippen LogP contribution is 2.55. The van der Waals surface area contributed by atoms with Crippen LogP contribution >= 0.6 is 23.5 Å². The van der Waals surface area contributed by atoms with Crippen molar-refractivity contribution in [3.63, 3.8) is 0 Å². The molecule has 0 spiro atoms. The fourth-order valence-electron chi connectivity index (χ4n) is 4.67. The third-order valence-corrected chi connectivity index (χ3v) is 12.3. The van der Waals surface area contributed by atoms with Crippen molar-refractivity contribution in [1.82, 2.24) is 0 Å². The van der Waals surface area contributed by atoms with Crippen molar-refractivity contribution < 1.29 is 0 Å². The first-order valence-electron chi connectivity index (χ1n) is 11.1. The van der Waals surface area contributed by atoms with E-state index in [4.69, 9.17) is 0 Å². The van der Waals surface area contributed by atoms with Crippen molar-refractivity contribution in [2.75, 3.05) is 0 Å². The Hall–Kier alpha value is -2.20. The third kappa shape index (κ3) is 3.77. The van der Waals surface area contributed by atoms with Crippen LogP contribution < -0.4 is 0 Å². The average Bonchev–Trinajstić information content (AvgIpc) is 3.04. The van der Waals surface area contributed by atoms with E-state index in [1.807, 2.05) is 23.5 Å². The van der Waals surface area contributed by atoms with Gasteiger partial charge in [0.1, 0.15) is 0 Å². The quantitative estimate of drug-likeness (QED) is 0.268. The Balaban J connectivity index is 1.59. The van der Waals surface area contributed by atoms with Gasteiger partial charge in [0.2, 0.25) is 0 Å². The topological polar surface area (TPSA) is 0 Å². The highest BCUT2D eigenvalue weighted by molar-refractivity contribution is 7.99. The summed E-state index contributed by atoms with van der Waals surface area (Å²) in [6.07, 6.45) is 0. The minimum absolute atomic E-state index is 0.0815. The van der Waals surface area contributed by atoms with Crippen LogP contribution in [0.15, 0.2) is 117 Å². The lowest BCUT2D eigenvalue weighted by Crippen LogP contribution is -2.46. The Morgan fingerprint density at radius 2 is 0.938 bits per heavy atom. The van der Waals surface area contributed by atoms with Gasteiger partial charge in [-0.25, -0.2) is 0 Å². The minimum Gasteiger partial charge on any atom is -0.0901 e. The molecule has 0 atom stereocenters. The standard InChI is InChI=1S/C29H28S2Si/c1-29(32(2,3)4)27-19-23(30-21-11-7-5-8-12-21)15-17-25(27)26-18-16-24(20-28(26)29)31-22-13-9-6-10-14-22/h5-20H,1-4H3. The van der Waals surface area contributed by atoms with Gasteiger partial charge in [-0.15, -0.1) is 0 Å². The monoisotopic (exact) mass is 468 g/mol. The summed E-state index contributed by atoms with van der Waals surface area (Å²) >= 11 is 3.72. The van der Waals surface area contributed by atoms with E-state index in [-0.39, 0.29) is 5.04 Å². The highest BCUT2D eigenvalue weighted by atomic mass is 32.2. The van der Waals surface area contributed by atoms with Crippen LogP contribution in [0.3, 0.4) is 0 Å². The molecule has 4 aromatic rings. The molecule has 5 rings (SSSR count). The fraction of sp³-hybridized carbons (Fsp3) is 0.172. The van der Waals surface area contributed by atoms with Crippen LogP contribution in [0.1, 0.15) is 18.1 Å². The van der Waals surface area contributed by atoms with Crippen LogP contribution in [-0.4, -0.2) is 8.07 Å². The van der Waals surface area contributed by atoms with E-state index in [1.54, 1.807) is 0 Å². The van der Waals surface area contributed by atoms with E-state index in [1.165, 1.54) is 41.8 Å². The first-order chi connectivity index (χ1) is 15.4. The van der Waals surface area contributed by atoms with Crippen LogP contribution in [0.4, 0.5) is 0 Å². The summed E-state index contributed by atoms with van der Waals surface area (Å²) in [4.78, 5) is 5.23. The van der Waals surface area contributed by atoms with Gasteiger partial charge in [-0.1, -0.05) is 98.6 Å². The van der Waals surface area contributed by atoms with Crippen LogP contribution in [0.5, 0.6) is 0 Å². The number of hydrogen-bond donors (Lipinski definition) is 0. The third-order valence-electron chi connectivity index (χ3n) is 6.81. The molecular weight excluding hydrogens is 441 g/mol. The lowest BCUT2D eigenvalue weighted by Gasteiger charge is -2.39. The van der Waals surface area contributed by atoms with E-state index < -0.39 is 8.07 Å².